The van der Waals surface area contributed by atoms with Gasteiger partial charge in [-0.1, -0.05) is 88.4 Å². The van der Waals surface area contributed by atoms with E-state index in [1.54, 1.807) is 11.8 Å². The number of carbonyl (C=O) groups is 1. The summed E-state index contributed by atoms with van der Waals surface area (Å²) in [5.74, 6) is 0.626. The largest absolute Gasteiger partial charge is 0.332 e. The van der Waals surface area contributed by atoms with Gasteiger partial charge in [0.05, 0.1) is 11.4 Å². The van der Waals surface area contributed by atoms with Crippen molar-refractivity contribution < 1.29 is 4.79 Å². The molecule has 4 aromatic rings. The Kier molecular flexibility index (Phi) is 6.67. The van der Waals surface area contributed by atoms with Crippen LogP contribution in [0.3, 0.4) is 0 Å². The van der Waals surface area contributed by atoms with Gasteiger partial charge in [-0.2, -0.15) is 0 Å². The van der Waals surface area contributed by atoms with E-state index in [-0.39, 0.29) is 5.91 Å². The Morgan fingerprint density at radius 1 is 0.900 bits per heavy atom. The second kappa shape index (κ2) is 9.78. The lowest BCUT2D eigenvalue weighted by atomic mass is 10.1. The zero-order valence-corrected chi connectivity index (χ0v) is 18.5. The highest BCUT2D eigenvalue weighted by atomic mass is 79.9. The minimum Gasteiger partial charge on any atom is -0.332 e. The van der Waals surface area contributed by atoms with Crippen LogP contribution in [-0.2, 0) is 4.79 Å². The number of hydrogen-bond donors (Lipinski definition) is 2. The number of thioether (sulfide) groups is 1. The smallest absolute Gasteiger partial charge is 0.225 e. The molecule has 1 amide bonds. The highest BCUT2D eigenvalue weighted by Crippen LogP contribution is 2.32. The number of H-pyrrole nitrogens is 1. The first-order valence-corrected chi connectivity index (χ1v) is 11.4. The number of hydrogen-bond acceptors (Lipinski definition) is 3. The van der Waals surface area contributed by atoms with Crippen LogP contribution in [-0.4, -0.2) is 21.6 Å². The van der Waals surface area contributed by atoms with Gasteiger partial charge in [-0.05, 0) is 24.3 Å². The van der Waals surface area contributed by atoms with Crippen molar-refractivity contribution in [2.75, 3.05) is 11.1 Å². The Labute approximate surface area is 188 Å². The van der Waals surface area contributed by atoms with Crippen LogP contribution in [0.4, 0.5) is 5.69 Å². The zero-order chi connectivity index (χ0) is 20.8. The fraction of sp³-hybridized carbons (Fsp3) is 0.0833. The predicted molar refractivity (Wildman–Crippen MR) is 128 cm³/mol. The number of nitrogens with zero attached hydrogens (tertiary/aromatic N) is 1. The van der Waals surface area contributed by atoms with Gasteiger partial charge in [-0.25, -0.2) is 4.98 Å². The third-order valence-corrected chi connectivity index (χ3v) is 5.89. The molecule has 1 aromatic heterocycles. The average Bonchev–Trinajstić information content (AvgIpc) is 3.21. The Morgan fingerprint density at radius 2 is 1.53 bits per heavy atom. The first-order valence-electron chi connectivity index (χ1n) is 9.58. The van der Waals surface area contributed by atoms with Gasteiger partial charge in [0.2, 0.25) is 5.91 Å². The lowest BCUT2D eigenvalue weighted by Gasteiger charge is -2.04. The van der Waals surface area contributed by atoms with E-state index in [4.69, 9.17) is 4.98 Å². The number of nitrogens with one attached hydrogen (secondary N) is 2. The molecule has 0 saturated carbocycles. The van der Waals surface area contributed by atoms with Crippen LogP contribution < -0.4 is 5.32 Å². The number of anilines is 1. The van der Waals surface area contributed by atoms with Gasteiger partial charge in [-0.3, -0.25) is 4.79 Å². The van der Waals surface area contributed by atoms with Crippen LogP contribution in [0.2, 0.25) is 0 Å². The molecule has 0 aliphatic carbocycles. The van der Waals surface area contributed by atoms with Crippen molar-refractivity contribution in [1.29, 1.82) is 0 Å². The SMILES string of the molecule is O=C(CCSc1nc(-c2ccccc2)c(-c2ccccc2)[nH]1)Nc1ccc(Br)cc1. The topological polar surface area (TPSA) is 57.8 Å². The molecule has 6 heteroatoms. The summed E-state index contributed by atoms with van der Waals surface area (Å²) in [6, 6.07) is 27.9. The van der Waals surface area contributed by atoms with Gasteiger partial charge < -0.3 is 10.3 Å². The summed E-state index contributed by atoms with van der Waals surface area (Å²) in [5.41, 5.74) is 4.85. The maximum absolute atomic E-state index is 12.2. The molecule has 2 N–H and O–H groups in total. The summed E-state index contributed by atoms with van der Waals surface area (Å²) < 4.78 is 0.984. The molecule has 4 nitrogen and oxygen atoms in total. The molecule has 1 heterocycles. The summed E-state index contributed by atoms with van der Waals surface area (Å²) in [7, 11) is 0. The standard InChI is InChI=1S/C24H20BrN3OS/c25-19-11-13-20(14-12-19)26-21(29)15-16-30-24-27-22(17-7-3-1-4-8-17)23(28-24)18-9-5-2-6-10-18/h1-14H,15-16H2,(H,26,29)(H,27,28). The number of carbonyl (C=O) groups excluding carboxylic acids is 1. The van der Waals surface area contributed by atoms with E-state index in [2.05, 4.69) is 50.5 Å². The molecule has 4 rings (SSSR count). The summed E-state index contributed by atoms with van der Waals surface area (Å²) in [4.78, 5) is 20.5. The van der Waals surface area contributed by atoms with Crippen molar-refractivity contribution in [1.82, 2.24) is 9.97 Å². The summed E-state index contributed by atoms with van der Waals surface area (Å²) in [6.07, 6.45) is 0.406. The summed E-state index contributed by atoms with van der Waals surface area (Å²) in [6.45, 7) is 0. The van der Waals surface area contributed by atoms with Gasteiger partial charge in [0.15, 0.2) is 5.16 Å². The van der Waals surface area contributed by atoms with E-state index < -0.39 is 0 Å². The second-order valence-corrected chi connectivity index (χ2v) is 8.65. The molecule has 30 heavy (non-hydrogen) atoms. The van der Waals surface area contributed by atoms with E-state index in [1.807, 2.05) is 60.7 Å². The molecule has 0 spiro atoms. The number of halogens is 1. The fourth-order valence-electron chi connectivity index (χ4n) is 3.04. The van der Waals surface area contributed by atoms with Crippen molar-refractivity contribution in [2.24, 2.45) is 0 Å². The molecule has 3 aromatic carbocycles. The minimum absolute atomic E-state index is 0.0112. The number of amides is 1. The molecule has 0 saturated heterocycles. The molecule has 0 aliphatic heterocycles. The quantitative estimate of drug-likeness (QED) is 0.293. The molecular formula is C24H20BrN3OS. The first kappa shape index (κ1) is 20.4. The maximum Gasteiger partial charge on any atom is 0.225 e. The number of aromatic nitrogens is 2. The van der Waals surface area contributed by atoms with E-state index in [0.717, 1.165) is 37.8 Å². The monoisotopic (exact) mass is 477 g/mol. The van der Waals surface area contributed by atoms with Gasteiger partial charge in [0.25, 0.3) is 0 Å². The van der Waals surface area contributed by atoms with E-state index >= 15 is 0 Å². The van der Waals surface area contributed by atoms with Gasteiger partial charge in [0.1, 0.15) is 0 Å². The van der Waals surface area contributed by atoms with Gasteiger partial charge >= 0.3 is 0 Å². The van der Waals surface area contributed by atoms with Gasteiger partial charge in [-0.15, -0.1) is 0 Å². The number of aromatic amines is 1. The lowest BCUT2D eigenvalue weighted by molar-refractivity contribution is -0.115. The second-order valence-electron chi connectivity index (χ2n) is 6.65. The number of rotatable bonds is 7. The Balaban J connectivity index is 1.45. The summed E-state index contributed by atoms with van der Waals surface area (Å²) >= 11 is 4.95. The molecule has 0 bridgehead atoms. The van der Waals surface area contributed by atoms with Crippen molar-refractivity contribution >= 4 is 39.3 Å². The van der Waals surface area contributed by atoms with Crippen LogP contribution in [0.5, 0.6) is 0 Å². The maximum atomic E-state index is 12.2. The number of imidazole rings is 1. The van der Waals surface area contributed by atoms with Crippen LogP contribution in [0.25, 0.3) is 22.5 Å². The average molecular weight is 478 g/mol. The number of benzene rings is 3. The molecule has 0 atom stereocenters. The van der Waals surface area contributed by atoms with Crippen molar-refractivity contribution in [2.45, 2.75) is 11.6 Å². The molecule has 0 unspecified atom stereocenters. The highest BCUT2D eigenvalue weighted by molar-refractivity contribution is 9.10. The molecule has 0 aliphatic rings. The Bertz CT molecular complexity index is 1060. The molecule has 0 radical (unpaired) electrons. The van der Waals surface area contributed by atoms with E-state index in [9.17, 15) is 4.79 Å². The van der Waals surface area contributed by atoms with E-state index in [0.29, 0.717) is 12.2 Å². The van der Waals surface area contributed by atoms with Crippen LogP contribution >= 0.6 is 27.7 Å². The van der Waals surface area contributed by atoms with Crippen molar-refractivity contribution in [3.8, 4) is 22.5 Å². The minimum atomic E-state index is -0.0112. The third kappa shape index (κ3) is 5.20. The molecule has 150 valence electrons. The Morgan fingerprint density at radius 3 is 2.20 bits per heavy atom. The Hall–Kier alpha value is -2.83. The predicted octanol–water partition coefficient (Wildman–Crippen LogP) is 6.63. The van der Waals surface area contributed by atoms with Crippen molar-refractivity contribution in [3.63, 3.8) is 0 Å². The normalized spacial score (nSPS) is 10.7. The van der Waals surface area contributed by atoms with Crippen LogP contribution in [0.15, 0.2) is 94.6 Å². The van der Waals surface area contributed by atoms with E-state index in [1.165, 1.54) is 0 Å². The summed E-state index contributed by atoms with van der Waals surface area (Å²) in [5, 5.41) is 3.73. The molecule has 0 fully saturated rings. The van der Waals surface area contributed by atoms with Crippen LogP contribution in [0, 0.1) is 0 Å². The van der Waals surface area contributed by atoms with Crippen molar-refractivity contribution in [3.05, 3.63) is 89.4 Å². The first-order chi connectivity index (χ1) is 14.7. The lowest BCUT2D eigenvalue weighted by Crippen LogP contribution is -2.12. The third-order valence-electron chi connectivity index (χ3n) is 4.49. The highest BCUT2D eigenvalue weighted by Gasteiger charge is 2.14. The molecular weight excluding hydrogens is 458 g/mol. The fourth-order valence-corrected chi connectivity index (χ4v) is 4.11. The zero-order valence-electron chi connectivity index (χ0n) is 16.1. The van der Waals surface area contributed by atoms with Crippen LogP contribution in [0.1, 0.15) is 6.42 Å². The van der Waals surface area contributed by atoms with Gasteiger partial charge in [0, 0.05) is 33.5 Å².